The van der Waals surface area contributed by atoms with Crippen molar-refractivity contribution in [1.29, 1.82) is 0 Å². The molecular weight excluding hydrogens is 476 g/mol. The van der Waals surface area contributed by atoms with Crippen molar-refractivity contribution in [3.8, 4) is 5.75 Å². The lowest BCUT2D eigenvalue weighted by Gasteiger charge is -2.29. The zero-order valence-corrected chi connectivity index (χ0v) is 23.4. The van der Waals surface area contributed by atoms with Crippen molar-refractivity contribution in [2.45, 2.75) is 63.7 Å². The molecule has 0 radical (unpaired) electrons. The van der Waals surface area contributed by atoms with Gasteiger partial charge in [0, 0.05) is 38.7 Å². The lowest BCUT2D eigenvalue weighted by Crippen LogP contribution is -2.31. The Morgan fingerprint density at radius 3 is 2.19 bits per heavy atom. The minimum Gasteiger partial charge on any atom is -0.458 e. The molecule has 1 aliphatic carbocycles. The molecule has 1 aliphatic rings. The number of hydrogen-bond donors (Lipinski definition) is 1. The van der Waals surface area contributed by atoms with Crippen LogP contribution in [0.3, 0.4) is 0 Å². The number of anilines is 1. The van der Waals surface area contributed by atoms with Gasteiger partial charge in [-0.3, -0.25) is 4.79 Å². The molecule has 1 aromatic carbocycles. The lowest BCUT2D eigenvalue weighted by molar-refractivity contribution is 0.0790. The second-order valence-corrected chi connectivity index (χ2v) is 11.2. The van der Waals surface area contributed by atoms with Crippen LogP contribution in [0, 0.1) is 0 Å². The number of primary sulfonamides is 1. The Balaban J connectivity index is 2.62. The highest BCUT2D eigenvalue weighted by atomic mass is 32.2. The predicted molar refractivity (Wildman–Crippen MR) is 147 cm³/mol. The summed E-state index contributed by atoms with van der Waals surface area (Å²) in [5.41, 5.74) is 0.896. The average Bonchev–Trinajstić information content (AvgIpc) is 2.83. The summed E-state index contributed by atoms with van der Waals surface area (Å²) >= 11 is 0. The third kappa shape index (κ3) is 8.94. The van der Waals surface area contributed by atoms with Gasteiger partial charge in [0.15, 0.2) is 5.75 Å². The van der Waals surface area contributed by atoms with Crippen LogP contribution < -0.4 is 14.8 Å². The molecule has 0 atom stereocenters. The van der Waals surface area contributed by atoms with Crippen molar-refractivity contribution in [2.24, 2.45) is 5.14 Å². The summed E-state index contributed by atoms with van der Waals surface area (Å²) < 4.78 is 31.9. The number of nitrogens with zero attached hydrogens (tertiary/aromatic N) is 3. The van der Waals surface area contributed by atoms with Gasteiger partial charge >= 0.3 is 0 Å². The predicted octanol–water partition coefficient (Wildman–Crippen LogP) is 4.38. The fourth-order valence-electron chi connectivity index (χ4n) is 4.05. The van der Waals surface area contributed by atoms with E-state index in [1.807, 2.05) is 32.3 Å². The van der Waals surface area contributed by atoms with E-state index < -0.39 is 10.0 Å². The molecule has 0 bridgehead atoms. The molecule has 0 spiro atoms. The van der Waals surface area contributed by atoms with Crippen LogP contribution in [0.2, 0.25) is 0 Å². The fraction of sp³-hybridized carbons (Fsp3) is 0.593. The maximum atomic E-state index is 13.4. The molecule has 0 saturated heterocycles. The van der Waals surface area contributed by atoms with Crippen LogP contribution in [0.15, 0.2) is 41.0 Å². The van der Waals surface area contributed by atoms with Crippen LogP contribution in [0.25, 0.3) is 0 Å². The first-order chi connectivity index (χ1) is 17.1. The second kappa shape index (κ2) is 14.4. The lowest BCUT2D eigenvalue weighted by atomic mass is 10.1. The molecule has 8 nitrogen and oxygen atoms in total. The summed E-state index contributed by atoms with van der Waals surface area (Å²) in [4.78, 5) is 19.1. The van der Waals surface area contributed by atoms with Crippen molar-refractivity contribution in [2.75, 3.05) is 52.2 Å². The highest BCUT2D eigenvalue weighted by Crippen LogP contribution is 2.39. The Kier molecular flexibility index (Phi) is 11.9. The number of carbonyl (C=O) groups is 1. The Morgan fingerprint density at radius 1 is 1.00 bits per heavy atom. The number of benzene rings is 1. The zero-order chi connectivity index (χ0) is 26.7. The van der Waals surface area contributed by atoms with Gasteiger partial charge in [-0.1, -0.05) is 38.8 Å². The second-order valence-electron chi connectivity index (χ2n) is 9.65. The summed E-state index contributed by atoms with van der Waals surface area (Å²) in [6.07, 6.45) is 11.9. The number of nitrogens with two attached hydrogens (primary N) is 1. The van der Waals surface area contributed by atoms with Gasteiger partial charge in [-0.25, -0.2) is 13.6 Å². The van der Waals surface area contributed by atoms with Crippen molar-refractivity contribution >= 4 is 21.6 Å². The summed E-state index contributed by atoms with van der Waals surface area (Å²) in [6.45, 7) is 7.10. The van der Waals surface area contributed by atoms with Gasteiger partial charge in [0.2, 0.25) is 10.0 Å². The molecule has 36 heavy (non-hydrogen) atoms. The van der Waals surface area contributed by atoms with Crippen LogP contribution in [0.5, 0.6) is 5.75 Å². The molecule has 1 aromatic rings. The van der Waals surface area contributed by atoms with E-state index in [9.17, 15) is 13.2 Å². The van der Waals surface area contributed by atoms with Gasteiger partial charge in [-0.2, -0.15) is 0 Å². The average molecular weight is 521 g/mol. The van der Waals surface area contributed by atoms with E-state index in [1.54, 1.807) is 18.0 Å². The molecule has 0 heterocycles. The molecule has 0 fully saturated rings. The molecule has 2 rings (SSSR count). The summed E-state index contributed by atoms with van der Waals surface area (Å²) in [7, 11) is 1.55. The number of sulfonamides is 1. The van der Waals surface area contributed by atoms with Crippen molar-refractivity contribution in [1.82, 2.24) is 9.80 Å². The molecule has 0 aromatic heterocycles. The first-order valence-electron chi connectivity index (χ1n) is 13.0. The fourth-order valence-corrected chi connectivity index (χ4v) is 4.75. The van der Waals surface area contributed by atoms with E-state index in [0.717, 1.165) is 58.2 Å². The monoisotopic (exact) mass is 520 g/mol. The molecule has 9 heteroatoms. The molecule has 0 unspecified atom stereocenters. The van der Waals surface area contributed by atoms with Gasteiger partial charge in [0.05, 0.1) is 5.69 Å². The number of amides is 1. The largest absolute Gasteiger partial charge is 0.458 e. The van der Waals surface area contributed by atoms with Gasteiger partial charge < -0.3 is 19.4 Å². The molecule has 2 N–H and O–H groups in total. The third-order valence-electron chi connectivity index (χ3n) is 6.15. The minimum atomic E-state index is -4.17. The van der Waals surface area contributed by atoms with E-state index in [4.69, 9.17) is 9.88 Å². The molecule has 202 valence electrons. The Morgan fingerprint density at radius 2 is 1.67 bits per heavy atom. The SMILES string of the molecule is CCCCN(CCCC)c1cc(C(=O)N(C)CCCN(C)C)cc(S(N)(=O)=O)c1OC1=CC=CCC1. The van der Waals surface area contributed by atoms with E-state index in [-0.39, 0.29) is 16.6 Å². The van der Waals surface area contributed by atoms with Crippen LogP contribution in [0.4, 0.5) is 5.69 Å². The van der Waals surface area contributed by atoms with Crippen molar-refractivity contribution in [3.05, 3.63) is 41.7 Å². The van der Waals surface area contributed by atoms with Crippen LogP contribution in [-0.4, -0.2) is 71.4 Å². The van der Waals surface area contributed by atoms with Crippen molar-refractivity contribution in [3.63, 3.8) is 0 Å². The maximum absolute atomic E-state index is 13.4. The Hall–Kier alpha value is -2.36. The number of rotatable bonds is 15. The Labute approximate surface area is 217 Å². The highest BCUT2D eigenvalue weighted by Gasteiger charge is 2.27. The number of allylic oxidation sites excluding steroid dienone is 4. The standard InChI is InChI=1S/C27H44N4O4S/c1-6-8-18-31(19-9-7-2)24-20-22(27(32)30(5)17-13-16-29(3)4)21-25(36(28,33)34)26(24)35-23-14-11-10-12-15-23/h10-11,14,20-21H,6-9,12-13,15-19H2,1-5H3,(H2,28,33,34). The van der Waals surface area contributed by atoms with Crippen LogP contribution in [0.1, 0.15) is 69.2 Å². The number of ether oxygens (including phenoxy) is 1. The van der Waals surface area contributed by atoms with E-state index >= 15 is 0 Å². The zero-order valence-electron chi connectivity index (χ0n) is 22.6. The topological polar surface area (TPSA) is 96.2 Å². The van der Waals surface area contributed by atoms with E-state index in [2.05, 4.69) is 23.6 Å². The van der Waals surface area contributed by atoms with Crippen LogP contribution in [-0.2, 0) is 10.0 Å². The molecule has 1 amide bonds. The molecule has 0 saturated carbocycles. The number of carbonyl (C=O) groups excluding carboxylic acids is 1. The van der Waals surface area contributed by atoms with Crippen LogP contribution >= 0.6 is 0 Å². The minimum absolute atomic E-state index is 0.154. The smallest absolute Gasteiger partial charge is 0.253 e. The summed E-state index contributed by atoms with van der Waals surface area (Å²) in [5, 5.41) is 5.70. The first-order valence-corrected chi connectivity index (χ1v) is 14.5. The normalized spacial score (nSPS) is 13.6. The van der Waals surface area contributed by atoms with Crippen molar-refractivity contribution < 1.29 is 17.9 Å². The van der Waals surface area contributed by atoms with E-state index in [0.29, 0.717) is 30.0 Å². The first kappa shape index (κ1) is 29.9. The van der Waals surface area contributed by atoms with Gasteiger partial charge in [0.1, 0.15) is 10.7 Å². The molecule has 0 aliphatic heterocycles. The highest BCUT2D eigenvalue weighted by molar-refractivity contribution is 7.89. The van der Waals surface area contributed by atoms with Gasteiger partial charge in [-0.15, -0.1) is 0 Å². The quantitative estimate of drug-likeness (QED) is 0.369. The van der Waals surface area contributed by atoms with Gasteiger partial charge in [0.25, 0.3) is 5.91 Å². The third-order valence-corrected chi connectivity index (χ3v) is 7.06. The van der Waals surface area contributed by atoms with E-state index in [1.165, 1.54) is 6.07 Å². The summed E-state index contributed by atoms with van der Waals surface area (Å²) in [6, 6.07) is 3.15. The number of unbranched alkanes of at least 4 members (excludes halogenated alkanes) is 2. The Bertz CT molecular complexity index is 1030. The van der Waals surface area contributed by atoms with Gasteiger partial charge in [-0.05, 0) is 64.5 Å². The maximum Gasteiger partial charge on any atom is 0.253 e. The summed E-state index contributed by atoms with van der Waals surface area (Å²) in [5.74, 6) is 0.643. The number of hydrogen-bond acceptors (Lipinski definition) is 6. The molecular formula is C27H44N4O4S.